The first-order chi connectivity index (χ1) is 10.6. The summed E-state index contributed by atoms with van der Waals surface area (Å²) in [6.07, 6.45) is 3.47. The number of amides is 2. The molecule has 0 radical (unpaired) electrons. The van der Waals surface area contributed by atoms with E-state index in [2.05, 4.69) is 10.1 Å². The molecule has 2 aromatic heterocycles. The molecule has 2 aliphatic rings. The van der Waals surface area contributed by atoms with Crippen LogP contribution in [0.15, 0.2) is 24.5 Å². The summed E-state index contributed by atoms with van der Waals surface area (Å²) in [7, 11) is 1.70. The van der Waals surface area contributed by atoms with Crippen molar-refractivity contribution in [3.05, 3.63) is 30.2 Å². The van der Waals surface area contributed by atoms with Crippen LogP contribution in [0.2, 0.25) is 0 Å². The van der Waals surface area contributed by atoms with Crippen LogP contribution in [0.25, 0.3) is 5.65 Å². The Morgan fingerprint density at radius 3 is 3.05 bits per heavy atom. The highest BCUT2D eigenvalue weighted by atomic mass is 16.6. The van der Waals surface area contributed by atoms with Gasteiger partial charge in [0, 0.05) is 26.2 Å². The molecule has 0 aromatic carbocycles. The smallest absolute Gasteiger partial charge is 0.410 e. The number of rotatable bonds is 1. The molecule has 1 spiro atoms. The Morgan fingerprint density at radius 2 is 2.27 bits per heavy atom. The molecule has 8 nitrogen and oxygen atoms in total. The Kier molecular flexibility index (Phi) is 2.63. The Bertz CT molecular complexity index is 773. The molecule has 8 heteroatoms. The number of likely N-dealkylation sites (tertiary alicyclic amines) is 1. The van der Waals surface area contributed by atoms with Crippen LogP contribution in [0.1, 0.15) is 16.9 Å². The Morgan fingerprint density at radius 1 is 1.41 bits per heavy atom. The van der Waals surface area contributed by atoms with Gasteiger partial charge in [0.1, 0.15) is 0 Å². The summed E-state index contributed by atoms with van der Waals surface area (Å²) in [6.45, 7) is 1.48. The summed E-state index contributed by atoms with van der Waals surface area (Å²) < 4.78 is 6.99. The first kappa shape index (κ1) is 13.1. The molecule has 2 amide bonds. The van der Waals surface area contributed by atoms with Crippen molar-refractivity contribution in [2.75, 3.05) is 26.7 Å². The first-order valence-electron chi connectivity index (χ1n) is 7.10. The highest BCUT2D eigenvalue weighted by Crippen LogP contribution is 2.32. The predicted molar refractivity (Wildman–Crippen MR) is 75.3 cm³/mol. The zero-order chi connectivity index (χ0) is 15.3. The fourth-order valence-corrected chi connectivity index (χ4v) is 3.16. The van der Waals surface area contributed by atoms with Crippen LogP contribution in [0.4, 0.5) is 4.79 Å². The molecule has 114 valence electrons. The van der Waals surface area contributed by atoms with Gasteiger partial charge in [-0.15, -0.1) is 0 Å². The summed E-state index contributed by atoms with van der Waals surface area (Å²) in [5.41, 5.74) is 0.479. The maximum Gasteiger partial charge on any atom is 0.410 e. The summed E-state index contributed by atoms with van der Waals surface area (Å²) in [6, 6.07) is 3.57. The molecule has 0 N–H and O–H groups in total. The monoisotopic (exact) mass is 301 g/mol. The van der Waals surface area contributed by atoms with Crippen molar-refractivity contribution in [3.8, 4) is 0 Å². The van der Waals surface area contributed by atoms with Gasteiger partial charge in [-0.1, -0.05) is 0 Å². The number of imidazole rings is 1. The molecule has 0 saturated carbocycles. The lowest BCUT2D eigenvalue weighted by atomic mass is 10.0. The lowest BCUT2D eigenvalue weighted by Crippen LogP contribution is -2.39. The number of likely N-dealkylation sites (N-methyl/N-ethyl adjacent to an activating group) is 1. The SMILES string of the molecule is CN1C[C@@]2(CCN(C(=O)c3cnc4cccnn34)C2)OC1=O. The standard InChI is InChI=1S/C14H15N5O3/c1-17-8-14(22-13(17)21)4-6-18(9-14)12(20)10-7-15-11-3-2-5-16-19(10)11/h2-3,5,7H,4,6,8-9H2,1H3/t14-/m1/s1. The van der Waals surface area contributed by atoms with Crippen molar-refractivity contribution < 1.29 is 14.3 Å². The van der Waals surface area contributed by atoms with Gasteiger partial charge in [0.15, 0.2) is 16.9 Å². The Balaban J connectivity index is 1.59. The molecule has 2 aromatic rings. The predicted octanol–water partition coefficient (Wildman–Crippen LogP) is 0.396. The van der Waals surface area contributed by atoms with Crippen LogP contribution in [0, 0.1) is 0 Å². The number of fused-ring (bicyclic) bond motifs is 1. The average Bonchev–Trinajstić information content (AvgIpc) is 3.17. The molecule has 22 heavy (non-hydrogen) atoms. The van der Waals surface area contributed by atoms with E-state index >= 15 is 0 Å². The van der Waals surface area contributed by atoms with Crippen molar-refractivity contribution in [1.29, 1.82) is 0 Å². The third kappa shape index (κ3) is 1.83. The molecule has 2 fully saturated rings. The molecule has 2 saturated heterocycles. The Labute approximate surface area is 126 Å². The topological polar surface area (TPSA) is 80.0 Å². The molecule has 0 bridgehead atoms. The number of carbonyl (C=O) groups is 2. The minimum Gasteiger partial charge on any atom is -0.439 e. The van der Waals surface area contributed by atoms with Crippen LogP contribution < -0.4 is 0 Å². The fourth-order valence-electron chi connectivity index (χ4n) is 3.16. The molecular formula is C14H15N5O3. The van der Waals surface area contributed by atoms with Crippen LogP contribution in [0.5, 0.6) is 0 Å². The number of nitrogens with zero attached hydrogens (tertiary/aromatic N) is 5. The number of carbonyl (C=O) groups excluding carboxylic acids is 2. The maximum absolute atomic E-state index is 12.7. The third-order valence-electron chi connectivity index (χ3n) is 4.24. The van der Waals surface area contributed by atoms with E-state index in [0.29, 0.717) is 37.4 Å². The van der Waals surface area contributed by atoms with E-state index in [0.717, 1.165) is 0 Å². The highest BCUT2D eigenvalue weighted by Gasteiger charge is 2.49. The highest BCUT2D eigenvalue weighted by molar-refractivity contribution is 5.93. The number of hydrogen-bond donors (Lipinski definition) is 0. The van der Waals surface area contributed by atoms with Gasteiger partial charge in [-0.2, -0.15) is 5.10 Å². The summed E-state index contributed by atoms with van der Waals surface area (Å²) in [5.74, 6) is -0.145. The van der Waals surface area contributed by atoms with Gasteiger partial charge in [0.25, 0.3) is 5.91 Å². The average molecular weight is 301 g/mol. The molecule has 0 aliphatic carbocycles. The van der Waals surface area contributed by atoms with E-state index in [9.17, 15) is 9.59 Å². The molecule has 4 heterocycles. The van der Waals surface area contributed by atoms with E-state index < -0.39 is 5.60 Å². The minimum absolute atomic E-state index is 0.145. The van der Waals surface area contributed by atoms with Crippen molar-refractivity contribution in [1.82, 2.24) is 24.4 Å². The van der Waals surface area contributed by atoms with Crippen LogP contribution >= 0.6 is 0 Å². The minimum atomic E-state index is -0.574. The zero-order valence-corrected chi connectivity index (χ0v) is 12.1. The van der Waals surface area contributed by atoms with Crippen LogP contribution in [-0.2, 0) is 4.74 Å². The van der Waals surface area contributed by atoms with Gasteiger partial charge < -0.3 is 14.5 Å². The number of aromatic nitrogens is 3. The molecule has 1 atom stereocenters. The molecule has 4 rings (SSSR count). The summed E-state index contributed by atoms with van der Waals surface area (Å²) >= 11 is 0. The largest absolute Gasteiger partial charge is 0.439 e. The fraction of sp³-hybridized carbons (Fsp3) is 0.429. The van der Waals surface area contributed by atoms with Crippen LogP contribution in [0.3, 0.4) is 0 Å². The van der Waals surface area contributed by atoms with E-state index in [4.69, 9.17) is 4.74 Å². The molecular weight excluding hydrogens is 286 g/mol. The molecule has 2 aliphatic heterocycles. The van der Waals surface area contributed by atoms with Crippen molar-refractivity contribution in [2.45, 2.75) is 12.0 Å². The van der Waals surface area contributed by atoms with Gasteiger partial charge in [-0.25, -0.2) is 14.3 Å². The van der Waals surface area contributed by atoms with Gasteiger partial charge >= 0.3 is 6.09 Å². The number of hydrogen-bond acceptors (Lipinski definition) is 5. The van der Waals surface area contributed by atoms with Gasteiger partial charge in [-0.05, 0) is 12.1 Å². The normalized spacial score (nSPS) is 24.5. The van der Waals surface area contributed by atoms with Gasteiger partial charge in [-0.3, -0.25) is 4.79 Å². The van der Waals surface area contributed by atoms with Crippen LogP contribution in [-0.4, -0.2) is 68.7 Å². The summed E-state index contributed by atoms with van der Waals surface area (Å²) in [4.78, 5) is 31.7. The lowest BCUT2D eigenvalue weighted by Gasteiger charge is -2.21. The lowest BCUT2D eigenvalue weighted by molar-refractivity contribution is 0.0549. The quantitative estimate of drug-likeness (QED) is 0.761. The summed E-state index contributed by atoms with van der Waals surface area (Å²) in [5, 5.41) is 4.16. The second-order valence-electron chi connectivity index (χ2n) is 5.82. The van der Waals surface area contributed by atoms with Crippen molar-refractivity contribution in [3.63, 3.8) is 0 Å². The zero-order valence-electron chi connectivity index (χ0n) is 12.1. The van der Waals surface area contributed by atoms with E-state index in [-0.39, 0.29) is 12.0 Å². The molecule has 0 unspecified atom stereocenters. The van der Waals surface area contributed by atoms with Gasteiger partial charge in [0.05, 0.1) is 19.3 Å². The maximum atomic E-state index is 12.7. The third-order valence-corrected chi connectivity index (χ3v) is 4.24. The number of ether oxygens (including phenoxy) is 1. The second-order valence-corrected chi connectivity index (χ2v) is 5.82. The second kappa shape index (κ2) is 4.43. The first-order valence-corrected chi connectivity index (χ1v) is 7.10. The van der Waals surface area contributed by atoms with E-state index in [1.165, 1.54) is 10.7 Å². The van der Waals surface area contributed by atoms with Crippen molar-refractivity contribution in [2.24, 2.45) is 0 Å². The van der Waals surface area contributed by atoms with Gasteiger partial charge in [0.2, 0.25) is 0 Å². The van der Waals surface area contributed by atoms with E-state index in [1.807, 2.05) is 0 Å². The Hall–Kier alpha value is -2.64. The van der Waals surface area contributed by atoms with E-state index in [1.54, 1.807) is 35.2 Å². The van der Waals surface area contributed by atoms with Crippen molar-refractivity contribution >= 4 is 17.6 Å².